The minimum absolute atomic E-state index is 0.0595. The van der Waals surface area contributed by atoms with Crippen LogP contribution >= 0.6 is 12.6 Å². The van der Waals surface area contributed by atoms with Gasteiger partial charge in [-0.1, -0.05) is 0 Å². The molecule has 1 heterocycles. The van der Waals surface area contributed by atoms with Crippen LogP contribution in [0.15, 0.2) is 0 Å². The maximum absolute atomic E-state index is 12.9. The molecule has 3 unspecified atom stereocenters. The Morgan fingerprint density at radius 3 is 2.41 bits per heavy atom. The molecule has 0 aliphatic carbocycles. The van der Waals surface area contributed by atoms with Crippen LogP contribution in [-0.4, -0.2) is 77.2 Å². The van der Waals surface area contributed by atoms with E-state index < -0.39 is 35.9 Å². The number of thiol groups is 1. The summed E-state index contributed by atoms with van der Waals surface area (Å²) in [5, 5.41) is 14.1. The van der Waals surface area contributed by atoms with Gasteiger partial charge in [0, 0.05) is 12.3 Å². The van der Waals surface area contributed by atoms with Gasteiger partial charge in [-0.2, -0.15) is 12.6 Å². The van der Waals surface area contributed by atoms with Gasteiger partial charge in [-0.05, 0) is 38.6 Å². The topological polar surface area (TPSA) is 168 Å². The van der Waals surface area contributed by atoms with Gasteiger partial charge in [0.25, 0.3) is 0 Å². The fraction of sp³-hybridized carbons (Fsp3) is 0.750. The lowest BCUT2D eigenvalue weighted by Gasteiger charge is -2.29. The summed E-state index contributed by atoms with van der Waals surface area (Å²) < 4.78 is 0. The van der Waals surface area contributed by atoms with Crippen molar-refractivity contribution in [2.45, 2.75) is 50.2 Å². The van der Waals surface area contributed by atoms with Gasteiger partial charge in [-0.3, -0.25) is 14.4 Å². The van der Waals surface area contributed by atoms with E-state index in [4.69, 9.17) is 16.6 Å². The Hall–Kier alpha value is -1.85. The van der Waals surface area contributed by atoms with Crippen LogP contribution in [-0.2, 0) is 19.2 Å². The molecule has 1 fully saturated rings. The van der Waals surface area contributed by atoms with E-state index in [1.165, 1.54) is 4.90 Å². The summed E-state index contributed by atoms with van der Waals surface area (Å²) in [5.41, 5.74) is 10.8. The number of hydrogen-bond donors (Lipinski definition) is 6. The lowest BCUT2D eigenvalue weighted by molar-refractivity contribution is -0.144. The highest BCUT2D eigenvalue weighted by Crippen LogP contribution is 2.20. The molecule has 1 aliphatic heterocycles. The van der Waals surface area contributed by atoms with Gasteiger partial charge in [-0.25, -0.2) is 4.79 Å². The number of carboxylic acid groups (broad SMARTS) is 1. The minimum Gasteiger partial charge on any atom is -0.480 e. The Morgan fingerprint density at radius 2 is 1.85 bits per heavy atom. The lowest BCUT2D eigenvalue weighted by Crippen LogP contribution is -2.56. The molecular weight excluding hydrogens is 374 g/mol. The van der Waals surface area contributed by atoms with Crippen molar-refractivity contribution in [3.63, 3.8) is 0 Å². The van der Waals surface area contributed by atoms with Crippen molar-refractivity contribution in [2.24, 2.45) is 11.5 Å². The summed E-state index contributed by atoms with van der Waals surface area (Å²) in [7, 11) is 0. The van der Waals surface area contributed by atoms with Gasteiger partial charge in [-0.15, -0.1) is 0 Å². The summed E-state index contributed by atoms with van der Waals surface area (Å²) >= 11 is 3.92. The molecule has 0 aromatic carbocycles. The monoisotopic (exact) mass is 403 g/mol. The van der Waals surface area contributed by atoms with Gasteiger partial charge in [0.2, 0.25) is 17.7 Å². The molecule has 0 spiro atoms. The molecule has 3 amide bonds. The van der Waals surface area contributed by atoms with Gasteiger partial charge < -0.3 is 32.1 Å². The number of likely N-dealkylation sites (tertiary alicyclic amines) is 1. The summed E-state index contributed by atoms with van der Waals surface area (Å²) in [6, 6.07) is -2.69. The van der Waals surface area contributed by atoms with E-state index in [1.807, 2.05) is 0 Å². The van der Waals surface area contributed by atoms with Crippen molar-refractivity contribution in [1.29, 1.82) is 0 Å². The van der Waals surface area contributed by atoms with Gasteiger partial charge in [0.1, 0.15) is 18.1 Å². The summed E-state index contributed by atoms with van der Waals surface area (Å²) in [5.74, 6) is -2.61. The van der Waals surface area contributed by atoms with Gasteiger partial charge in [0.05, 0.1) is 6.54 Å². The molecule has 0 aromatic rings. The molecule has 1 aliphatic rings. The number of nitrogens with one attached hydrogen (secondary N) is 2. The van der Waals surface area contributed by atoms with Crippen molar-refractivity contribution >= 4 is 36.3 Å². The van der Waals surface area contributed by atoms with E-state index >= 15 is 0 Å². The van der Waals surface area contributed by atoms with E-state index in [2.05, 4.69) is 23.3 Å². The first-order chi connectivity index (χ1) is 12.8. The first kappa shape index (κ1) is 23.2. The lowest BCUT2D eigenvalue weighted by atomic mass is 10.1. The first-order valence-corrected chi connectivity index (χ1v) is 9.62. The Balaban J connectivity index is 2.83. The van der Waals surface area contributed by atoms with Gasteiger partial charge >= 0.3 is 5.97 Å². The molecule has 154 valence electrons. The fourth-order valence-electron chi connectivity index (χ4n) is 2.96. The summed E-state index contributed by atoms with van der Waals surface area (Å²) in [6.07, 6.45) is 2.78. The van der Waals surface area contributed by atoms with E-state index in [1.54, 1.807) is 0 Å². The molecule has 0 aromatic heterocycles. The van der Waals surface area contributed by atoms with E-state index in [9.17, 15) is 19.2 Å². The molecular formula is C16H29N5O5S. The fourth-order valence-corrected chi connectivity index (χ4v) is 3.21. The summed E-state index contributed by atoms with van der Waals surface area (Å²) in [6.45, 7) is 0.592. The quantitative estimate of drug-likeness (QED) is 0.172. The number of nitrogens with two attached hydrogens (primary N) is 2. The second kappa shape index (κ2) is 11.8. The van der Waals surface area contributed by atoms with Crippen molar-refractivity contribution in [2.75, 3.05) is 25.4 Å². The number of rotatable bonds is 11. The van der Waals surface area contributed by atoms with E-state index in [0.717, 1.165) is 0 Å². The number of carboxylic acids is 1. The number of aliphatic carboxylic acids is 1. The zero-order valence-corrected chi connectivity index (χ0v) is 16.1. The van der Waals surface area contributed by atoms with E-state index in [-0.39, 0.29) is 18.2 Å². The zero-order valence-electron chi connectivity index (χ0n) is 15.2. The van der Waals surface area contributed by atoms with Gasteiger partial charge in [0.15, 0.2) is 0 Å². The maximum Gasteiger partial charge on any atom is 0.327 e. The standard InChI is InChI=1S/C16H29N5O5S/c17-6-2-1-4-10(19-13(22)8-18)15(24)21-7-3-5-12(21)14(23)20-11(9-27)16(25)26/h10-12,27H,1-9,17-18H2,(H,19,22)(H,20,23)(H,25,26). The van der Waals surface area contributed by atoms with Crippen LogP contribution < -0.4 is 22.1 Å². The SMILES string of the molecule is NCCCCC(NC(=O)CN)C(=O)N1CCCC1C(=O)NC(CS)C(=O)O. The Bertz CT molecular complexity index is 547. The number of nitrogens with zero attached hydrogens (tertiary/aromatic N) is 1. The van der Waals surface area contributed by atoms with Crippen LogP contribution in [0, 0.1) is 0 Å². The molecule has 1 saturated heterocycles. The highest BCUT2D eigenvalue weighted by atomic mass is 32.1. The largest absolute Gasteiger partial charge is 0.480 e. The number of carbonyl (C=O) groups is 4. The van der Waals surface area contributed by atoms with Crippen LogP contribution in [0.2, 0.25) is 0 Å². The van der Waals surface area contributed by atoms with E-state index in [0.29, 0.717) is 45.2 Å². The third kappa shape index (κ3) is 7.00. The third-order valence-electron chi connectivity index (χ3n) is 4.40. The molecule has 0 bridgehead atoms. The Morgan fingerprint density at radius 1 is 1.15 bits per heavy atom. The third-order valence-corrected chi connectivity index (χ3v) is 4.77. The molecule has 3 atom stereocenters. The first-order valence-electron chi connectivity index (χ1n) is 8.99. The molecule has 11 heteroatoms. The van der Waals surface area contributed by atoms with Crippen LogP contribution in [0.25, 0.3) is 0 Å². The number of hydrogen-bond acceptors (Lipinski definition) is 7. The number of carbonyl (C=O) groups excluding carboxylic acids is 3. The molecule has 1 rings (SSSR count). The van der Waals surface area contributed by atoms with Crippen molar-refractivity contribution in [3.05, 3.63) is 0 Å². The minimum atomic E-state index is -1.19. The highest BCUT2D eigenvalue weighted by molar-refractivity contribution is 7.80. The van der Waals surface area contributed by atoms with Crippen molar-refractivity contribution < 1.29 is 24.3 Å². The van der Waals surface area contributed by atoms with Crippen LogP contribution in [0.4, 0.5) is 0 Å². The van der Waals surface area contributed by atoms with Crippen molar-refractivity contribution in [1.82, 2.24) is 15.5 Å². The molecule has 0 saturated carbocycles. The maximum atomic E-state index is 12.9. The molecule has 7 N–H and O–H groups in total. The second-order valence-electron chi connectivity index (χ2n) is 6.38. The highest BCUT2D eigenvalue weighted by Gasteiger charge is 2.38. The molecule has 0 radical (unpaired) electrons. The molecule has 27 heavy (non-hydrogen) atoms. The predicted octanol–water partition coefficient (Wildman–Crippen LogP) is -1.95. The van der Waals surface area contributed by atoms with Crippen LogP contribution in [0.5, 0.6) is 0 Å². The van der Waals surface area contributed by atoms with Crippen molar-refractivity contribution in [3.8, 4) is 0 Å². The smallest absolute Gasteiger partial charge is 0.327 e. The molecule has 10 nitrogen and oxygen atoms in total. The number of unbranched alkanes of at least 4 members (excludes halogenated alkanes) is 1. The average molecular weight is 404 g/mol. The van der Waals surface area contributed by atoms with Crippen LogP contribution in [0.3, 0.4) is 0 Å². The predicted molar refractivity (Wildman–Crippen MR) is 102 cm³/mol. The Kier molecular flexibility index (Phi) is 10.1. The second-order valence-corrected chi connectivity index (χ2v) is 6.75. The summed E-state index contributed by atoms with van der Waals surface area (Å²) in [4.78, 5) is 49.5. The average Bonchev–Trinajstić information content (AvgIpc) is 3.14. The number of amides is 3. The van der Waals surface area contributed by atoms with Crippen LogP contribution in [0.1, 0.15) is 32.1 Å². The zero-order chi connectivity index (χ0) is 20.4. The Labute approximate surface area is 163 Å². The normalized spacial score (nSPS) is 18.6.